The predicted molar refractivity (Wildman–Crippen MR) is 91.2 cm³/mol. The minimum absolute atomic E-state index is 0.213. The van der Waals surface area contributed by atoms with Gasteiger partial charge >= 0.3 is 6.09 Å². The van der Waals surface area contributed by atoms with Gasteiger partial charge in [0.15, 0.2) is 0 Å². The first-order valence-electron chi connectivity index (χ1n) is 8.30. The number of hydrogen-bond donors (Lipinski definition) is 1. The monoisotopic (exact) mass is 318 g/mol. The highest BCUT2D eigenvalue weighted by molar-refractivity contribution is 5.71. The summed E-state index contributed by atoms with van der Waals surface area (Å²) in [6.07, 6.45) is 2.74. The second-order valence-electron chi connectivity index (χ2n) is 7.25. The zero-order valence-electron chi connectivity index (χ0n) is 14.5. The number of carbonyl (C=O) groups excluding carboxylic acids is 1. The molecule has 0 aliphatic carbocycles. The zero-order chi connectivity index (χ0) is 16.6. The van der Waals surface area contributed by atoms with Crippen LogP contribution in [0.5, 0.6) is 0 Å². The second kappa shape index (κ2) is 5.91. The average molecular weight is 318 g/mol. The maximum Gasteiger partial charge on any atom is 0.410 e. The van der Waals surface area contributed by atoms with Crippen LogP contribution < -0.4 is 10.2 Å². The van der Waals surface area contributed by atoms with Gasteiger partial charge in [-0.05, 0) is 39.7 Å². The van der Waals surface area contributed by atoms with E-state index in [1.165, 1.54) is 16.8 Å². The summed E-state index contributed by atoms with van der Waals surface area (Å²) < 4.78 is 5.46. The van der Waals surface area contributed by atoms with E-state index in [4.69, 9.17) is 4.74 Å². The Morgan fingerprint density at radius 2 is 1.96 bits per heavy atom. The molecule has 6 nitrogen and oxygen atoms in total. The zero-order valence-corrected chi connectivity index (χ0v) is 14.5. The molecule has 0 unspecified atom stereocenters. The van der Waals surface area contributed by atoms with Crippen molar-refractivity contribution in [3.05, 3.63) is 17.3 Å². The van der Waals surface area contributed by atoms with Gasteiger partial charge in [0.05, 0.1) is 0 Å². The highest BCUT2D eigenvalue weighted by Crippen LogP contribution is 2.33. The number of piperazine rings is 1. The summed E-state index contributed by atoms with van der Waals surface area (Å²) in [5.41, 5.74) is 3.38. The molecule has 1 aromatic heterocycles. The van der Waals surface area contributed by atoms with Crippen molar-refractivity contribution in [2.24, 2.45) is 0 Å². The number of amides is 1. The third-order valence-electron chi connectivity index (χ3n) is 4.25. The molecule has 0 aromatic carbocycles. The Labute approximate surface area is 137 Å². The Bertz CT molecular complexity index is 601. The quantitative estimate of drug-likeness (QED) is 0.862. The van der Waals surface area contributed by atoms with E-state index in [1.54, 1.807) is 4.90 Å². The highest BCUT2D eigenvalue weighted by Gasteiger charge is 2.28. The minimum atomic E-state index is -0.442. The molecule has 0 radical (unpaired) electrons. The normalized spacial score (nSPS) is 17.7. The SMILES string of the molecule is Cc1cnc2c(c1N1CCN(C(=O)OC(C)(C)C)CC1)CCN2. The Morgan fingerprint density at radius 1 is 1.26 bits per heavy atom. The molecule has 1 amide bonds. The van der Waals surface area contributed by atoms with Crippen molar-refractivity contribution in [1.29, 1.82) is 0 Å². The Morgan fingerprint density at radius 3 is 2.61 bits per heavy atom. The third kappa shape index (κ3) is 3.35. The van der Waals surface area contributed by atoms with Crippen molar-refractivity contribution in [1.82, 2.24) is 9.88 Å². The van der Waals surface area contributed by atoms with Gasteiger partial charge in [0, 0.05) is 50.2 Å². The van der Waals surface area contributed by atoms with Crippen LogP contribution in [0.1, 0.15) is 31.9 Å². The highest BCUT2D eigenvalue weighted by atomic mass is 16.6. The van der Waals surface area contributed by atoms with Gasteiger partial charge in [-0.25, -0.2) is 9.78 Å². The van der Waals surface area contributed by atoms with Crippen molar-refractivity contribution in [2.45, 2.75) is 39.7 Å². The fourth-order valence-corrected chi connectivity index (χ4v) is 3.23. The van der Waals surface area contributed by atoms with Crippen molar-refractivity contribution < 1.29 is 9.53 Å². The number of aryl methyl sites for hydroxylation is 1. The van der Waals surface area contributed by atoms with Gasteiger partial charge in [-0.3, -0.25) is 0 Å². The lowest BCUT2D eigenvalue weighted by atomic mass is 10.1. The molecule has 3 heterocycles. The molecule has 2 aliphatic heterocycles. The van der Waals surface area contributed by atoms with Crippen molar-refractivity contribution >= 4 is 17.6 Å². The summed E-state index contributed by atoms with van der Waals surface area (Å²) >= 11 is 0. The standard InChI is InChI=1S/C17H26N4O2/c1-12-11-19-15-13(5-6-18-15)14(12)20-7-9-21(10-8-20)16(22)23-17(2,3)4/h11H,5-10H2,1-4H3,(H,18,19). The van der Waals surface area contributed by atoms with Crippen LogP contribution >= 0.6 is 0 Å². The fraction of sp³-hybridized carbons (Fsp3) is 0.647. The number of rotatable bonds is 1. The van der Waals surface area contributed by atoms with Gasteiger partial charge in [0.25, 0.3) is 0 Å². The lowest BCUT2D eigenvalue weighted by Crippen LogP contribution is -2.50. The largest absolute Gasteiger partial charge is 0.444 e. The molecule has 1 aromatic rings. The summed E-state index contributed by atoms with van der Waals surface area (Å²) in [7, 11) is 0. The summed E-state index contributed by atoms with van der Waals surface area (Å²) in [5, 5.41) is 3.34. The number of hydrogen-bond acceptors (Lipinski definition) is 5. The second-order valence-corrected chi connectivity index (χ2v) is 7.25. The Kier molecular flexibility index (Phi) is 4.08. The number of ether oxygens (including phenoxy) is 1. The number of nitrogens with zero attached hydrogens (tertiary/aromatic N) is 3. The predicted octanol–water partition coefficient (Wildman–Crippen LogP) is 2.42. The van der Waals surface area contributed by atoms with Gasteiger partial charge < -0.3 is 19.9 Å². The summed E-state index contributed by atoms with van der Waals surface area (Å²) in [4.78, 5) is 20.8. The molecule has 23 heavy (non-hydrogen) atoms. The molecule has 6 heteroatoms. The van der Waals surface area contributed by atoms with Gasteiger partial charge in [0.1, 0.15) is 11.4 Å². The van der Waals surface area contributed by atoms with Crippen molar-refractivity contribution in [2.75, 3.05) is 42.9 Å². The third-order valence-corrected chi connectivity index (χ3v) is 4.25. The molecular formula is C17H26N4O2. The van der Waals surface area contributed by atoms with Gasteiger partial charge in [-0.1, -0.05) is 0 Å². The first-order valence-corrected chi connectivity index (χ1v) is 8.30. The van der Waals surface area contributed by atoms with Crippen LogP contribution in [0.3, 0.4) is 0 Å². The van der Waals surface area contributed by atoms with Crippen LogP contribution in [-0.4, -0.2) is 54.3 Å². The fourth-order valence-electron chi connectivity index (χ4n) is 3.23. The van der Waals surface area contributed by atoms with E-state index < -0.39 is 5.60 Å². The Balaban J connectivity index is 1.68. The maximum absolute atomic E-state index is 12.2. The molecule has 0 spiro atoms. The molecule has 0 bridgehead atoms. The molecule has 0 saturated carbocycles. The number of nitrogens with one attached hydrogen (secondary N) is 1. The number of fused-ring (bicyclic) bond motifs is 1. The minimum Gasteiger partial charge on any atom is -0.444 e. The maximum atomic E-state index is 12.2. The molecule has 126 valence electrons. The van der Waals surface area contributed by atoms with Crippen LogP contribution in [-0.2, 0) is 11.2 Å². The first kappa shape index (κ1) is 15.9. The van der Waals surface area contributed by atoms with Gasteiger partial charge in [-0.2, -0.15) is 0 Å². The molecular weight excluding hydrogens is 292 g/mol. The Hall–Kier alpha value is -1.98. The van der Waals surface area contributed by atoms with Crippen LogP contribution in [0, 0.1) is 6.92 Å². The van der Waals surface area contributed by atoms with Crippen molar-refractivity contribution in [3.63, 3.8) is 0 Å². The number of pyridine rings is 1. The molecule has 0 atom stereocenters. The van der Waals surface area contributed by atoms with Crippen molar-refractivity contribution in [3.8, 4) is 0 Å². The van der Waals surface area contributed by atoms with E-state index in [1.807, 2.05) is 27.0 Å². The van der Waals surface area contributed by atoms with E-state index in [-0.39, 0.29) is 6.09 Å². The number of aromatic nitrogens is 1. The van der Waals surface area contributed by atoms with Gasteiger partial charge in [-0.15, -0.1) is 0 Å². The summed E-state index contributed by atoms with van der Waals surface area (Å²) in [6.45, 7) is 11.8. The van der Waals surface area contributed by atoms with Crippen LogP contribution in [0.25, 0.3) is 0 Å². The molecule has 1 fully saturated rings. The number of anilines is 2. The van der Waals surface area contributed by atoms with E-state index in [0.29, 0.717) is 13.1 Å². The molecule has 1 saturated heterocycles. The first-order chi connectivity index (χ1) is 10.8. The summed E-state index contributed by atoms with van der Waals surface area (Å²) in [5.74, 6) is 1.01. The topological polar surface area (TPSA) is 57.7 Å². The summed E-state index contributed by atoms with van der Waals surface area (Å²) in [6, 6.07) is 0. The van der Waals surface area contributed by atoms with E-state index in [0.717, 1.165) is 31.9 Å². The smallest absolute Gasteiger partial charge is 0.410 e. The van der Waals surface area contributed by atoms with Gasteiger partial charge in [0.2, 0.25) is 0 Å². The van der Waals surface area contributed by atoms with Crippen LogP contribution in [0.15, 0.2) is 6.20 Å². The average Bonchev–Trinajstić information content (AvgIpc) is 2.94. The molecule has 1 N–H and O–H groups in total. The lowest BCUT2D eigenvalue weighted by Gasteiger charge is -2.38. The van der Waals surface area contributed by atoms with E-state index >= 15 is 0 Å². The molecule has 3 rings (SSSR count). The van der Waals surface area contributed by atoms with E-state index in [2.05, 4.69) is 22.1 Å². The lowest BCUT2D eigenvalue weighted by molar-refractivity contribution is 0.0240. The number of carbonyl (C=O) groups is 1. The van der Waals surface area contributed by atoms with Crippen LogP contribution in [0.4, 0.5) is 16.3 Å². The van der Waals surface area contributed by atoms with E-state index in [9.17, 15) is 4.79 Å². The van der Waals surface area contributed by atoms with Crippen LogP contribution in [0.2, 0.25) is 0 Å². The molecule has 2 aliphatic rings.